The van der Waals surface area contributed by atoms with Crippen LogP contribution < -0.4 is 10.6 Å². The zero-order chi connectivity index (χ0) is 17.5. The second kappa shape index (κ2) is 10.9. The number of nitrogens with one attached hydrogen (secondary N) is 2. The Balaban J connectivity index is 0.00000312. The van der Waals surface area contributed by atoms with Gasteiger partial charge in [0, 0.05) is 43.2 Å². The van der Waals surface area contributed by atoms with Crippen molar-refractivity contribution in [2.24, 2.45) is 10.9 Å². The van der Waals surface area contributed by atoms with Crippen LogP contribution in [0.25, 0.3) is 0 Å². The van der Waals surface area contributed by atoms with Gasteiger partial charge in [-0.3, -0.25) is 9.79 Å². The van der Waals surface area contributed by atoms with Crippen molar-refractivity contribution in [2.75, 3.05) is 20.1 Å². The number of thiazole rings is 1. The lowest BCUT2D eigenvalue weighted by molar-refractivity contribution is -0.135. The van der Waals surface area contributed by atoms with E-state index in [4.69, 9.17) is 0 Å². The summed E-state index contributed by atoms with van der Waals surface area (Å²) in [6, 6.07) is 0.356. The summed E-state index contributed by atoms with van der Waals surface area (Å²) in [4.78, 5) is 24.0. The number of halogens is 1. The third-order valence-electron chi connectivity index (χ3n) is 4.22. The summed E-state index contributed by atoms with van der Waals surface area (Å²) in [5.74, 6) is 1.14. The minimum atomic E-state index is 0. The highest BCUT2D eigenvalue weighted by molar-refractivity contribution is 14.0. The van der Waals surface area contributed by atoms with E-state index in [2.05, 4.69) is 27.5 Å². The summed E-state index contributed by atoms with van der Waals surface area (Å²) in [6.45, 7) is 8.38. The molecule has 0 spiro atoms. The van der Waals surface area contributed by atoms with E-state index < -0.39 is 0 Å². The van der Waals surface area contributed by atoms with Crippen molar-refractivity contribution in [1.29, 1.82) is 0 Å². The molecule has 1 aliphatic rings. The molecule has 2 N–H and O–H groups in total. The Morgan fingerprint density at radius 3 is 2.64 bits per heavy atom. The van der Waals surface area contributed by atoms with Gasteiger partial charge in [0.05, 0.1) is 6.54 Å². The Morgan fingerprint density at radius 1 is 1.44 bits per heavy atom. The number of likely N-dealkylation sites (tertiary alicyclic amines) is 1. The number of aromatic nitrogens is 1. The second-order valence-corrected chi connectivity index (χ2v) is 7.60. The number of guanidine groups is 1. The molecule has 1 aromatic heterocycles. The first-order chi connectivity index (χ1) is 11.5. The molecule has 2 heterocycles. The topological polar surface area (TPSA) is 69.6 Å². The van der Waals surface area contributed by atoms with Gasteiger partial charge >= 0.3 is 0 Å². The Hall–Kier alpha value is -0.900. The van der Waals surface area contributed by atoms with Crippen molar-refractivity contribution in [3.8, 4) is 0 Å². The van der Waals surface area contributed by atoms with Crippen molar-refractivity contribution < 1.29 is 4.79 Å². The predicted molar refractivity (Wildman–Crippen MR) is 115 cm³/mol. The molecule has 0 bridgehead atoms. The molecule has 0 radical (unpaired) electrons. The lowest BCUT2D eigenvalue weighted by Gasteiger charge is -2.34. The van der Waals surface area contributed by atoms with Crippen LogP contribution in [0.15, 0.2) is 11.2 Å². The molecule has 1 fully saturated rings. The number of hydrogen-bond acceptors (Lipinski definition) is 4. The molecule has 2 rings (SSSR count). The summed E-state index contributed by atoms with van der Waals surface area (Å²) in [7, 11) is 1.78. The minimum Gasteiger partial charge on any atom is -0.354 e. The maximum atomic E-state index is 12.0. The fourth-order valence-electron chi connectivity index (χ4n) is 2.75. The van der Waals surface area contributed by atoms with E-state index in [0.717, 1.165) is 43.3 Å². The first-order valence-corrected chi connectivity index (χ1v) is 9.54. The van der Waals surface area contributed by atoms with E-state index in [9.17, 15) is 4.79 Å². The summed E-state index contributed by atoms with van der Waals surface area (Å²) >= 11 is 1.74. The highest BCUT2D eigenvalue weighted by Gasteiger charge is 2.24. The van der Waals surface area contributed by atoms with Gasteiger partial charge in [-0.2, -0.15) is 0 Å². The van der Waals surface area contributed by atoms with Crippen LogP contribution in [0.5, 0.6) is 0 Å². The number of carbonyl (C=O) groups is 1. The van der Waals surface area contributed by atoms with Crippen molar-refractivity contribution >= 4 is 47.2 Å². The van der Waals surface area contributed by atoms with E-state index in [-0.39, 0.29) is 35.8 Å². The van der Waals surface area contributed by atoms with Crippen LogP contribution >= 0.6 is 35.3 Å². The molecule has 1 saturated heterocycles. The van der Waals surface area contributed by atoms with Gasteiger partial charge in [-0.15, -0.1) is 35.3 Å². The van der Waals surface area contributed by atoms with Crippen LogP contribution in [0.2, 0.25) is 0 Å². The van der Waals surface area contributed by atoms with Crippen molar-refractivity contribution in [3.05, 3.63) is 16.1 Å². The van der Waals surface area contributed by atoms with Crippen molar-refractivity contribution in [1.82, 2.24) is 20.5 Å². The fraction of sp³-hybridized carbons (Fsp3) is 0.706. The first-order valence-electron chi connectivity index (χ1n) is 8.73. The highest BCUT2D eigenvalue weighted by Crippen LogP contribution is 2.14. The van der Waals surface area contributed by atoms with Crippen LogP contribution in [0, 0.1) is 5.92 Å². The molecule has 0 aromatic carbocycles. The Labute approximate surface area is 171 Å². The number of amides is 1. The van der Waals surface area contributed by atoms with Gasteiger partial charge in [-0.05, 0) is 19.3 Å². The smallest absolute Gasteiger partial charge is 0.225 e. The van der Waals surface area contributed by atoms with Crippen LogP contribution in [0.3, 0.4) is 0 Å². The van der Waals surface area contributed by atoms with E-state index in [0.29, 0.717) is 12.6 Å². The van der Waals surface area contributed by atoms with E-state index in [1.165, 1.54) is 4.88 Å². The summed E-state index contributed by atoms with van der Waals surface area (Å²) in [5, 5.41) is 7.87. The van der Waals surface area contributed by atoms with E-state index >= 15 is 0 Å². The molecule has 142 valence electrons. The molecular weight excluding hydrogens is 449 g/mol. The van der Waals surface area contributed by atoms with E-state index in [1.54, 1.807) is 18.4 Å². The molecule has 1 aliphatic heterocycles. The number of carbonyl (C=O) groups excluding carboxylic acids is 1. The molecule has 1 aromatic rings. The molecule has 1 amide bonds. The molecule has 0 aliphatic carbocycles. The van der Waals surface area contributed by atoms with E-state index in [1.807, 2.05) is 24.9 Å². The number of rotatable bonds is 5. The normalized spacial score (nSPS) is 15.9. The summed E-state index contributed by atoms with van der Waals surface area (Å²) < 4.78 is 0. The summed E-state index contributed by atoms with van der Waals surface area (Å²) in [6.07, 6.45) is 4.88. The fourth-order valence-corrected chi connectivity index (χ4v) is 3.55. The SMILES string of the molecule is CCc1cnc(CNC(=NC)NC2CCN(C(=O)C(C)C)CC2)s1.I. The van der Waals surface area contributed by atoms with Gasteiger partial charge < -0.3 is 15.5 Å². The molecule has 0 unspecified atom stereocenters. The van der Waals surface area contributed by atoms with Gasteiger partial charge in [0.1, 0.15) is 5.01 Å². The highest BCUT2D eigenvalue weighted by atomic mass is 127. The lowest BCUT2D eigenvalue weighted by atomic mass is 10.0. The maximum Gasteiger partial charge on any atom is 0.225 e. The van der Waals surface area contributed by atoms with Crippen LogP contribution in [-0.4, -0.2) is 47.9 Å². The maximum absolute atomic E-state index is 12.0. The largest absolute Gasteiger partial charge is 0.354 e. The first kappa shape index (κ1) is 22.1. The third kappa shape index (κ3) is 6.73. The molecule has 8 heteroatoms. The number of hydrogen-bond donors (Lipinski definition) is 2. The number of aryl methyl sites for hydroxylation is 1. The average Bonchev–Trinajstić information content (AvgIpc) is 3.06. The van der Waals surface area contributed by atoms with Crippen molar-refractivity contribution in [2.45, 2.75) is 52.6 Å². The predicted octanol–water partition coefficient (Wildman–Crippen LogP) is 2.64. The van der Waals surface area contributed by atoms with Gasteiger partial charge in [-0.1, -0.05) is 20.8 Å². The van der Waals surface area contributed by atoms with Crippen LogP contribution in [-0.2, 0) is 17.8 Å². The van der Waals surface area contributed by atoms with Crippen LogP contribution in [0.1, 0.15) is 43.5 Å². The van der Waals surface area contributed by atoms with Gasteiger partial charge in [-0.25, -0.2) is 4.98 Å². The molecule has 6 nitrogen and oxygen atoms in total. The molecule has 0 atom stereocenters. The quantitative estimate of drug-likeness (QED) is 0.387. The minimum absolute atomic E-state index is 0. The standard InChI is InChI=1S/C17H29N5OS.HI/c1-5-14-10-19-15(24-14)11-20-17(18-4)21-13-6-8-22(9-7-13)16(23)12(2)3;/h10,12-13H,5-9,11H2,1-4H3,(H2,18,20,21);1H. The van der Waals surface area contributed by atoms with Crippen LogP contribution in [0.4, 0.5) is 0 Å². The average molecular weight is 479 g/mol. The van der Waals surface area contributed by atoms with Gasteiger partial charge in [0.25, 0.3) is 0 Å². The number of nitrogens with zero attached hydrogens (tertiary/aromatic N) is 3. The van der Waals surface area contributed by atoms with Crippen molar-refractivity contribution in [3.63, 3.8) is 0 Å². The zero-order valence-electron chi connectivity index (χ0n) is 15.5. The summed E-state index contributed by atoms with van der Waals surface area (Å²) in [5.41, 5.74) is 0. The lowest BCUT2D eigenvalue weighted by Crippen LogP contribution is -2.50. The number of piperidine rings is 1. The monoisotopic (exact) mass is 479 g/mol. The molecule has 0 saturated carbocycles. The number of aliphatic imine (C=N–C) groups is 1. The Morgan fingerprint density at radius 2 is 2.12 bits per heavy atom. The Kier molecular flexibility index (Phi) is 9.70. The van der Waals surface area contributed by atoms with Gasteiger partial charge in [0.2, 0.25) is 5.91 Å². The third-order valence-corrected chi connectivity index (χ3v) is 5.36. The zero-order valence-corrected chi connectivity index (χ0v) is 18.7. The second-order valence-electron chi connectivity index (χ2n) is 6.40. The van der Waals surface area contributed by atoms with Gasteiger partial charge in [0.15, 0.2) is 5.96 Å². The Bertz CT molecular complexity index is 567. The molecular formula is C17H30IN5OS. The molecule has 25 heavy (non-hydrogen) atoms.